The van der Waals surface area contributed by atoms with E-state index in [-0.39, 0.29) is 23.4 Å². The number of hydrogen-bond acceptors (Lipinski definition) is 6. The van der Waals surface area contributed by atoms with Gasteiger partial charge in [-0.25, -0.2) is 8.42 Å². The van der Waals surface area contributed by atoms with E-state index in [0.717, 1.165) is 37.0 Å². The van der Waals surface area contributed by atoms with Crippen LogP contribution in [0.3, 0.4) is 0 Å². The molecule has 7 nitrogen and oxygen atoms in total. The molecule has 0 bridgehead atoms. The van der Waals surface area contributed by atoms with E-state index in [1.165, 1.54) is 30.7 Å². The Bertz CT molecular complexity index is 1040. The first-order chi connectivity index (χ1) is 15.4. The van der Waals surface area contributed by atoms with E-state index < -0.39 is 10.0 Å². The topological polar surface area (TPSA) is 84.9 Å². The number of carbonyl (C=O) groups excluding carboxylic acids is 1. The molecule has 9 heteroatoms. The SMILES string of the molecule is COc1ccc(S(=O)(=O)N(CC(=O)Nc2cccc(SC)c2)C2CCCCC2)cc1OC. The van der Waals surface area contributed by atoms with Crippen molar-refractivity contribution in [1.82, 2.24) is 4.31 Å². The van der Waals surface area contributed by atoms with E-state index in [2.05, 4.69) is 5.32 Å². The second-order valence-electron chi connectivity index (χ2n) is 7.64. The molecular weight excluding hydrogens is 448 g/mol. The number of thioether (sulfide) groups is 1. The van der Waals surface area contributed by atoms with E-state index in [4.69, 9.17) is 9.47 Å². The molecule has 1 aliphatic rings. The summed E-state index contributed by atoms with van der Waals surface area (Å²) in [6.45, 7) is -0.245. The zero-order valence-electron chi connectivity index (χ0n) is 18.7. The van der Waals surface area contributed by atoms with E-state index in [1.807, 2.05) is 24.5 Å². The average molecular weight is 479 g/mol. The van der Waals surface area contributed by atoms with Gasteiger partial charge in [-0.15, -0.1) is 11.8 Å². The van der Waals surface area contributed by atoms with Gasteiger partial charge in [0.1, 0.15) is 0 Å². The summed E-state index contributed by atoms with van der Waals surface area (Å²) in [4.78, 5) is 14.0. The fraction of sp³-hybridized carbons (Fsp3) is 0.435. The van der Waals surface area contributed by atoms with Gasteiger partial charge in [-0.05, 0) is 49.4 Å². The molecular formula is C23H30N2O5S2. The van der Waals surface area contributed by atoms with Gasteiger partial charge in [0, 0.05) is 22.7 Å². The molecule has 1 N–H and O–H groups in total. The lowest BCUT2D eigenvalue weighted by Crippen LogP contribution is -2.45. The van der Waals surface area contributed by atoms with Crippen molar-refractivity contribution in [2.24, 2.45) is 0 Å². The Morgan fingerprint density at radius 2 is 1.78 bits per heavy atom. The monoisotopic (exact) mass is 478 g/mol. The van der Waals surface area contributed by atoms with Crippen molar-refractivity contribution in [1.29, 1.82) is 0 Å². The summed E-state index contributed by atoms with van der Waals surface area (Å²) < 4.78 is 39.1. The fourth-order valence-corrected chi connectivity index (χ4v) is 6.05. The molecule has 0 saturated heterocycles. The molecule has 0 atom stereocenters. The van der Waals surface area contributed by atoms with Crippen LogP contribution in [0.25, 0.3) is 0 Å². The van der Waals surface area contributed by atoms with Gasteiger partial charge >= 0.3 is 0 Å². The van der Waals surface area contributed by atoms with Crippen molar-refractivity contribution >= 4 is 33.4 Å². The maximum Gasteiger partial charge on any atom is 0.243 e. The molecule has 174 valence electrons. The highest BCUT2D eigenvalue weighted by Crippen LogP contribution is 2.33. The minimum absolute atomic E-state index is 0.0814. The van der Waals surface area contributed by atoms with E-state index in [1.54, 1.807) is 23.9 Å². The second kappa shape index (κ2) is 11.1. The third-order valence-electron chi connectivity index (χ3n) is 5.60. The standard InChI is InChI=1S/C23H30N2O5S2/c1-29-21-13-12-20(15-22(21)30-2)32(27,28)25(18-9-5-4-6-10-18)16-23(26)24-17-8-7-11-19(14-17)31-3/h7-8,11-15,18H,4-6,9-10,16H2,1-3H3,(H,24,26). The van der Waals surface area contributed by atoms with Gasteiger partial charge in [0.25, 0.3) is 0 Å². The van der Waals surface area contributed by atoms with Crippen LogP contribution in [0.2, 0.25) is 0 Å². The lowest BCUT2D eigenvalue weighted by molar-refractivity contribution is -0.116. The number of anilines is 1. The number of nitrogens with zero attached hydrogens (tertiary/aromatic N) is 1. The van der Waals surface area contributed by atoms with E-state index in [9.17, 15) is 13.2 Å². The summed E-state index contributed by atoms with van der Waals surface area (Å²) in [7, 11) is -0.967. The van der Waals surface area contributed by atoms with Crippen LogP contribution in [0, 0.1) is 0 Å². The molecule has 32 heavy (non-hydrogen) atoms. The van der Waals surface area contributed by atoms with Crippen molar-refractivity contribution in [3.8, 4) is 11.5 Å². The predicted octanol–water partition coefficient (Wildman–Crippen LogP) is 4.39. The molecule has 0 radical (unpaired) electrons. The Labute approximate surface area is 194 Å². The maximum atomic E-state index is 13.6. The molecule has 0 heterocycles. The van der Waals surface area contributed by atoms with Crippen molar-refractivity contribution < 1.29 is 22.7 Å². The van der Waals surface area contributed by atoms with Crippen LogP contribution in [0.1, 0.15) is 32.1 Å². The number of rotatable bonds is 9. The Morgan fingerprint density at radius 1 is 1.06 bits per heavy atom. The molecule has 2 aromatic carbocycles. The van der Waals surface area contributed by atoms with Gasteiger partial charge in [-0.2, -0.15) is 4.31 Å². The molecule has 3 rings (SSSR count). The zero-order chi connectivity index (χ0) is 23.1. The number of methoxy groups -OCH3 is 2. The Morgan fingerprint density at radius 3 is 2.44 bits per heavy atom. The summed E-state index contributed by atoms with van der Waals surface area (Å²) in [5, 5.41) is 2.85. The number of amides is 1. The Balaban J connectivity index is 1.88. The first-order valence-corrected chi connectivity index (χ1v) is 13.2. The highest BCUT2D eigenvalue weighted by Gasteiger charge is 2.34. The quantitative estimate of drug-likeness (QED) is 0.538. The lowest BCUT2D eigenvalue weighted by Gasteiger charge is -2.33. The minimum atomic E-state index is -3.93. The number of nitrogens with one attached hydrogen (secondary N) is 1. The predicted molar refractivity (Wildman–Crippen MR) is 127 cm³/mol. The molecule has 0 aliphatic heterocycles. The largest absolute Gasteiger partial charge is 0.493 e. The van der Waals surface area contributed by atoms with Gasteiger partial charge in [-0.1, -0.05) is 25.3 Å². The minimum Gasteiger partial charge on any atom is -0.493 e. The molecule has 1 saturated carbocycles. The highest BCUT2D eigenvalue weighted by molar-refractivity contribution is 7.98. The van der Waals surface area contributed by atoms with Gasteiger partial charge in [-0.3, -0.25) is 4.79 Å². The smallest absolute Gasteiger partial charge is 0.243 e. The second-order valence-corrected chi connectivity index (χ2v) is 10.4. The van der Waals surface area contributed by atoms with Crippen LogP contribution in [-0.2, 0) is 14.8 Å². The third-order valence-corrected chi connectivity index (χ3v) is 8.22. The van der Waals surface area contributed by atoms with Gasteiger partial charge < -0.3 is 14.8 Å². The van der Waals surface area contributed by atoms with Crippen LogP contribution in [0.4, 0.5) is 5.69 Å². The molecule has 0 spiro atoms. The summed E-state index contributed by atoms with van der Waals surface area (Å²) in [6, 6.07) is 11.8. The first-order valence-electron chi connectivity index (χ1n) is 10.6. The van der Waals surface area contributed by atoms with Crippen molar-refractivity contribution in [2.45, 2.75) is 47.9 Å². The number of sulfonamides is 1. The van der Waals surface area contributed by atoms with E-state index in [0.29, 0.717) is 17.2 Å². The molecule has 0 aromatic heterocycles. The molecule has 1 aliphatic carbocycles. The summed E-state index contributed by atoms with van der Waals surface area (Å²) >= 11 is 1.57. The average Bonchev–Trinajstić information content (AvgIpc) is 2.82. The number of carbonyl (C=O) groups is 1. The van der Waals surface area contributed by atoms with Crippen LogP contribution in [-0.4, -0.2) is 51.7 Å². The molecule has 1 fully saturated rings. The number of ether oxygens (including phenoxy) is 2. The normalized spacial score (nSPS) is 14.9. The highest BCUT2D eigenvalue weighted by atomic mass is 32.2. The fourth-order valence-electron chi connectivity index (χ4n) is 3.93. The maximum absolute atomic E-state index is 13.6. The molecule has 0 unspecified atom stereocenters. The van der Waals surface area contributed by atoms with E-state index >= 15 is 0 Å². The van der Waals surface area contributed by atoms with Crippen molar-refractivity contribution in [2.75, 3.05) is 32.3 Å². The van der Waals surface area contributed by atoms with Crippen LogP contribution in [0.15, 0.2) is 52.3 Å². The first kappa shape index (κ1) is 24.4. The van der Waals surface area contributed by atoms with Crippen molar-refractivity contribution in [3.63, 3.8) is 0 Å². The van der Waals surface area contributed by atoms with Crippen molar-refractivity contribution in [3.05, 3.63) is 42.5 Å². The van der Waals surface area contributed by atoms with Crippen LogP contribution >= 0.6 is 11.8 Å². The summed E-state index contributed by atoms with van der Waals surface area (Å²) in [5.74, 6) is 0.412. The Kier molecular flexibility index (Phi) is 8.44. The van der Waals surface area contributed by atoms with Gasteiger partial charge in [0.05, 0.1) is 25.7 Å². The zero-order valence-corrected chi connectivity index (χ0v) is 20.3. The number of hydrogen-bond donors (Lipinski definition) is 1. The van der Waals surface area contributed by atoms with Gasteiger partial charge in [0.2, 0.25) is 15.9 Å². The number of benzene rings is 2. The molecule has 1 amide bonds. The Hall–Kier alpha value is -2.23. The lowest BCUT2D eigenvalue weighted by atomic mass is 9.95. The third kappa shape index (κ3) is 5.76. The van der Waals surface area contributed by atoms with Crippen LogP contribution < -0.4 is 14.8 Å². The van der Waals surface area contributed by atoms with Gasteiger partial charge in [0.15, 0.2) is 11.5 Å². The summed E-state index contributed by atoms with van der Waals surface area (Å²) in [5.41, 5.74) is 0.647. The van der Waals surface area contributed by atoms with Crippen LogP contribution in [0.5, 0.6) is 11.5 Å². The summed E-state index contributed by atoms with van der Waals surface area (Å²) in [6.07, 6.45) is 6.40. The molecule has 2 aromatic rings.